The summed E-state index contributed by atoms with van der Waals surface area (Å²) in [4.78, 5) is 21.0. The van der Waals surface area contributed by atoms with Crippen LogP contribution in [0.4, 0.5) is 4.39 Å². The van der Waals surface area contributed by atoms with Crippen LogP contribution in [0.1, 0.15) is 34.7 Å². The number of ether oxygens (including phenoxy) is 1. The van der Waals surface area contributed by atoms with Crippen LogP contribution in [-0.4, -0.2) is 86.2 Å². The Labute approximate surface area is 225 Å². The lowest BCUT2D eigenvalue weighted by molar-refractivity contribution is 0.0268. The van der Waals surface area contributed by atoms with Crippen molar-refractivity contribution < 1.29 is 13.9 Å². The Morgan fingerprint density at radius 3 is 2.13 bits per heavy atom. The number of hydrogen-bond donors (Lipinski definition) is 0. The van der Waals surface area contributed by atoms with Crippen LogP contribution in [0.2, 0.25) is 0 Å². The Hall–Kier alpha value is -2.80. The fourth-order valence-electron chi connectivity index (χ4n) is 6.73. The Kier molecular flexibility index (Phi) is 7.72. The Morgan fingerprint density at radius 1 is 0.789 bits per heavy atom. The highest BCUT2D eigenvalue weighted by Gasteiger charge is 2.38. The number of benzene rings is 3. The number of rotatable bonds is 6. The first-order valence-electron chi connectivity index (χ1n) is 14.2. The maximum absolute atomic E-state index is 13.8. The normalized spacial score (nSPS) is 23.8. The molecule has 3 heterocycles. The number of hydrogen-bond acceptors (Lipinski definition) is 4. The molecule has 3 aromatic carbocycles. The molecule has 0 bridgehead atoms. The molecule has 0 spiro atoms. The summed E-state index contributed by atoms with van der Waals surface area (Å²) in [6.45, 7) is 9.35. The van der Waals surface area contributed by atoms with Crippen LogP contribution in [0.25, 0.3) is 10.8 Å². The van der Waals surface area contributed by atoms with Gasteiger partial charge in [0.05, 0.1) is 13.2 Å². The smallest absolute Gasteiger partial charge is 0.254 e. The number of piperidine rings is 1. The molecule has 3 aliphatic heterocycles. The van der Waals surface area contributed by atoms with Gasteiger partial charge in [-0.25, -0.2) is 4.39 Å². The summed E-state index contributed by atoms with van der Waals surface area (Å²) in [6.07, 6.45) is 2.20. The third-order valence-electron chi connectivity index (χ3n) is 8.90. The zero-order chi connectivity index (χ0) is 25.9. The molecule has 6 rings (SSSR count). The molecule has 5 nitrogen and oxygen atoms in total. The first-order chi connectivity index (χ1) is 18.6. The number of nitrogens with zero attached hydrogens (tertiary/aromatic N) is 3. The molecule has 1 amide bonds. The van der Waals surface area contributed by atoms with E-state index in [-0.39, 0.29) is 11.7 Å². The molecule has 0 aromatic heterocycles. The van der Waals surface area contributed by atoms with Crippen molar-refractivity contribution in [2.24, 2.45) is 11.8 Å². The predicted molar refractivity (Wildman–Crippen MR) is 149 cm³/mol. The number of carbonyl (C=O) groups is 1. The molecule has 0 N–H and O–H groups in total. The third kappa shape index (κ3) is 5.63. The van der Waals surface area contributed by atoms with Gasteiger partial charge in [0.2, 0.25) is 0 Å². The van der Waals surface area contributed by atoms with E-state index in [1.807, 2.05) is 36.4 Å². The van der Waals surface area contributed by atoms with Gasteiger partial charge in [-0.3, -0.25) is 9.69 Å². The molecule has 3 fully saturated rings. The molecule has 200 valence electrons. The minimum absolute atomic E-state index is 0.159. The first-order valence-corrected chi connectivity index (χ1v) is 14.2. The summed E-state index contributed by atoms with van der Waals surface area (Å²) in [5.41, 5.74) is 2.07. The third-order valence-corrected chi connectivity index (χ3v) is 8.90. The Morgan fingerprint density at radius 2 is 1.42 bits per heavy atom. The molecule has 3 aliphatic rings. The van der Waals surface area contributed by atoms with Gasteiger partial charge in [0, 0.05) is 44.8 Å². The van der Waals surface area contributed by atoms with Crippen molar-refractivity contribution in [3.05, 3.63) is 83.7 Å². The van der Waals surface area contributed by atoms with Crippen molar-refractivity contribution in [1.82, 2.24) is 14.7 Å². The number of likely N-dealkylation sites (tertiary alicyclic amines) is 2. The van der Waals surface area contributed by atoms with Gasteiger partial charge in [-0.05, 0) is 78.2 Å². The van der Waals surface area contributed by atoms with Crippen LogP contribution in [-0.2, 0) is 4.74 Å². The molecule has 6 heteroatoms. The highest BCUT2D eigenvalue weighted by atomic mass is 19.1. The van der Waals surface area contributed by atoms with Gasteiger partial charge in [0.15, 0.2) is 0 Å². The van der Waals surface area contributed by atoms with E-state index >= 15 is 0 Å². The number of halogens is 1. The van der Waals surface area contributed by atoms with Gasteiger partial charge in [-0.15, -0.1) is 0 Å². The highest BCUT2D eigenvalue weighted by Crippen LogP contribution is 2.32. The van der Waals surface area contributed by atoms with Crippen LogP contribution in [0.3, 0.4) is 0 Å². The van der Waals surface area contributed by atoms with Crippen molar-refractivity contribution >= 4 is 16.7 Å². The van der Waals surface area contributed by atoms with Crippen LogP contribution >= 0.6 is 0 Å². The lowest BCUT2D eigenvalue weighted by atomic mass is 9.88. The number of fused-ring (bicyclic) bond motifs is 1. The van der Waals surface area contributed by atoms with Crippen LogP contribution < -0.4 is 0 Å². The van der Waals surface area contributed by atoms with E-state index in [1.54, 1.807) is 12.1 Å². The summed E-state index contributed by atoms with van der Waals surface area (Å²) in [6, 6.07) is 21.3. The molecule has 0 radical (unpaired) electrons. The van der Waals surface area contributed by atoms with Gasteiger partial charge in [0.1, 0.15) is 5.82 Å². The van der Waals surface area contributed by atoms with E-state index in [4.69, 9.17) is 4.74 Å². The Bertz CT molecular complexity index is 1230. The van der Waals surface area contributed by atoms with Crippen LogP contribution in [0.5, 0.6) is 0 Å². The molecule has 2 atom stereocenters. The summed E-state index contributed by atoms with van der Waals surface area (Å²) >= 11 is 0. The number of morpholine rings is 1. The average molecular weight is 516 g/mol. The summed E-state index contributed by atoms with van der Waals surface area (Å²) < 4.78 is 19.0. The van der Waals surface area contributed by atoms with Gasteiger partial charge < -0.3 is 14.5 Å². The minimum atomic E-state index is -0.165. The van der Waals surface area contributed by atoms with Gasteiger partial charge in [0.25, 0.3) is 5.91 Å². The predicted octanol–water partition coefficient (Wildman–Crippen LogP) is 4.88. The highest BCUT2D eigenvalue weighted by molar-refractivity contribution is 6.07. The molecule has 0 saturated carbocycles. The summed E-state index contributed by atoms with van der Waals surface area (Å²) in [7, 11) is 0. The van der Waals surface area contributed by atoms with Crippen molar-refractivity contribution in [2.75, 3.05) is 65.6 Å². The lowest BCUT2D eigenvalue weighted by Crippen LogP contribution is -2.43. The van der Waals surface area contributed by atoms with Gasteiger partial charge >= 0.3 is 0 Å². The van der Waals surface area contributed by atoms with E-state index in [0.29, 0.717) is 17.8 Å². The molecular formula is C32H38FN3O2. The Balaban J connectivity index is 1.14. The average Bonchev–Trinajstić information content (AvgIpc) is 3.35. The first kappa shape index (κ1) is 25.5. The second-order valence-corrected chi connectivity index (χ2v) is 11.3. The molecule has 0 aliphatic carbocycles. The van der Waals surface area contributed by atoms with E-state index in [9.17, 15) is 9.18 Å². The standard InChI is InChI=1S/C32H38FN3O2/c33-29-10-8-24(9-11-29)25-12-14-34(15-13-25)20-27-22-36(23-28(27)21-35-16-18-38-19-17-35)32(37)31-7-3-5-26-4-1-2-6-30(26)31/h1-11,25,27-28H,12-23H2. The van der Waals surface area contributed by atoms with Crippen molar-refractivity contribution in [3.63, 3.8) is 0 Å². The van der Waals surface area contributed by atoms with Gasteiger partial charge in [-0.1, -0.05) is 48.5 Å². The molecular weight excluding hydrogens is 477 g/mol. The van der Waals surface area contributed by atoms with E-state index in [2.05, 4.69) is 32.9 Å². The molecule has 3 aromatic rings. The van der Waals surface area contributed by atoms with E-state index in [1.165, 1.54) is 5.56 Å². The van der Waals surface area contributed by atoms with Crippen LogP contribution in [0.15, 0.2) is 66.7 Å². The van der Waals surface area contributed by atoms with Crippen molar-refractivity contribution in [2.45, 2.75) is 18.8 Å². The van der Waals surface area contributed by atoms with Crippen LogP contribution in [0, 0.1) is 17.7 Å². The SMILES string of the molecule is O=C(c1cccc2ccccc12)N1CC(CN2CCOCC2)C(CN2CCC(c3ccc(F)cc3)CC2)C1. The molecule has 3 saturated heterocycles. The number of carbonyl (C=O) groups excluding carboxylic acids is 1. The molecule has 38 heavy (non-hydrogen) atoms. The summed E-state index contributed by atoms with van der Waals surface area (Å²) in [5, 5.41) is 2.15. The maximum atomic E-state index is 13.8. The zero-order valence-corrected chi connectivity index (χ0v) is 22.1. The number of amides is 1. The van der Waals surface area contributed by atoms with E-state index in [0.717, 1.165) is 94.7 Å². The molecule has 2 unspecified atom stereocenters. The fraction of sp³-hybridized carbons (Fsp3) is 0.469. The fourth-order valence-corrected chi connectivity index (χ4v) is 6.73. The lowest BCUT2D eigenvalue weighted by Gasteiger charge is -2.36. The van der Waals surface area contributed by atoms with Crippen molar-refractivity contribution in [1.29, 1.82) is 0 Å². The van der Waals surface area contributed by atoms with E-state index < -0.39 is 0 Å². The zero-order valence-electron chi connectivity index (χ0n) is 22.1. The monoisotopic (exact) mass is 515 g/mol. The summed E-state index contributed by atoms with van der Waals surface area (Å²) in [5.74, 6) is 1.41. The second kappa shape index (κ2) is 11.5. The van der Waals surface area contributed by atoms with Gasteiger partial charge in [-0.2, -0.15) is 0 Å². The quantitative estimate of drug-likeness (QED) is 0.469. The minimum Gasteiger partial charge on any atom is -0.379 e. The van der Waals surface area contributed by atoms with Crippen molar-refractivity contribution in [3.8, 4) is 0 Å². The topological polar surface area (TPSA) is 36.0 Å². The largest absolute Gasteiger partial charge is 0.379 e. The second-order valence-electron chi connectivity index (χ2n) is 11.3. The maximum Gasteiger partial charge on any atom is 0.254 e.